The van der Waals surface area contributed by atoms with E-state index in [4.69, 9.17) is 10.2 Å². The van der Waals surface area contributed by atoms with Crippen LogP contribution in [-0.4, -0.2) is 11.1 Å². The summed E-state index contributed by atoms with van der Waals surface area (Å²) in [5, 5.41) is 0. The second-order valence-electron chi connectivity index (χ2n) is 3.99. The number of oxazole rings is 1. The fourth-order valence-corrected chi connectivity index (χ4v) is 1.80. The number of aryl methyl sites for hydroxylation is 2. The van der Waals surface area contributed by atoms with Crippen LogP contribution in [0.4, 0.5) is 0 Å². The molecule has 0 unspecified atom stereocenters. The maximum Gasteiger partial charge on any atom is 0.419 e. The molecule has 0 aliphatic heterocycles. The highest BCUT2D eigenvalue weighted by Crippen LogP contribution is 2.14. The standard InChI is InChI=1S/C12H16N2O2/c1-9-4-5-11-10(8-9)14(12(15)16-11)7-3-2-6-13/h4-5,8H,2-3,6-7,13H2,1H3. The molecule has 0 fully saturated rings. The van der Waals surface area contributed by atoms with Gasteiger partial charge in [-0.3, -0.25) is 4.57 Å². The van der Waals surface area contributed by atoms with Gasteiger partial charge in [0.2, 0.25) is 0 Å². The van der Waals surface area contributed by atoms with Crippen LogP contribution in [0.25, 0.3) is 11.1 Å². The smallest absolute Gasteiger partial charge is 0.408 e. The number of nitrogens with two attached hydrogens (primary N) is 1. The summed E-state index contributed by atoms with van der Waals surface area (Å²) in [6, 6.07) is 5.75. The minimum atomic E-state index is -0.280. The molecule has 0 saturated heterocycles. The highest BCUT2D eigenvalue weighted by molar-refractivity contribution is 5.73. The first-order chi connectivity index (χ1) is 7.72. The van der Waals surface area contributed by atoms with Crippen LogP contribution in [0.5, 0.6) is 0 Å². The topological polar surface area (TPSA) is 61.2 Å². The Kier molecular flexibility index (Phi) is 3.10. The van der Waals surface area contributed by atoms with Gasteiger partial charge in [0.25, 0.3) is 0 Å². The van der Waals surface area contributed by atoms with E-state index in [1.54, 1.807) is 4.57 Å². The molecule has 1 aromatic carbocycles. The van der Waals surface area contributed by atoms with Crippen molar-refractivity contribution in [1.82, 2.24) is 4.57 Å². The number of rotatable bonds is 4. The monoisotopic (exact) mass is 220 g/mol. The Morgan fingerprint density at radius 1 is 1.38 bits per heavy atom. The van der Waals surface area contributed by atoms with Gasteiger partial charge in [0.15, 0.2) is 5.58 Å². The van der Waals surface area contributed by atoms with Crippen molar-refractivity contribution in [1.29, 1.82) is 0 Å². The minimum Gasteiger partial charge on any atom is -0.408 e. The van der Waals surface area contributed by atoms with Crippen LogP contribution in [0, 0.1) is 6.92 Å². The lowest BCUT2D eigenvalue weighted by atomic mass is 10.2. The summed E-state index contributed by atoms with van der Waals surface area (Å²) in [7, 11) is 0. The van der Waals surface area contributed by atoms with Crippen molar-refractivity contribution < 1.29 is 4.42 Å². The molecule has 0 radical (unpaired) electrons. The molecule has 0 amide bonds. The summed E-state index contributed by atoms with van der Waals surface area (Å²) in [5.74, 6) is -0.280. The van der Waals surface area contributed by atoms with Crippen molar-refractivity contribution in [3.63, 3.8) is 0 Å². The first-order valence-corrected chi connectivity index (χ1v) is 5.52. The van der Waals surface area contributed by atoms with Gasteiger partial charge >= 0.3 is 5.76 Å². The van der Waals surface area contributed by atoms with Gasteiger partial charge in [0.05, 0.1) is 5.52 Å². The van der Waals surface area contributed by atoms with E-state index in [1.807, 2.05) is 25.1 Å². The Labute approximate surface area is 93.7 Å². The van der Waals surface area contributed by atoms with E-state index in [1.165, 1.54) is 0 Å². The number of fused-ring (bicyclic) bond motifs is 1. The second-order valence-corrected chi connectivity index (χ2v) is 3.99. The Bertz CT molecular complexity index is 539. The predicted octanol–water partition coefficient (Wildman–Crippen LogP) is 1.64. The number of aromatic nitrogens is 1. The molecule has 2 aromatic rings. The molecule has 2 rings (SSSR count). The molecule has 1 heterocycles. The van der Waals surface area contributed by atoms with Crippen molar-refractivity contribution in [3.8, 4) is 0 Å². The van der Waals surface area contributed by atoms with Crippen molar-refractivity contribution >= 4 is 11.1 Å². The lowest BCUT2D eigenvalue weighted by molar-refractivity contribution is 0.493. The normalized spacial score (nSPS) is 11.1. The molecular formula is C12H16N2O2. The van der Waals surface area contributed by atoms with E-state index < -0.39 is 0 Å². The van der Waals surface area contributed by atoms with Crippen molar-refractivity contribution in [2.45, 2.75) is 26.3 Å². The molecule has 0 bridgehead atoms. The summed E-state index contributed by atoms with van der Waals surface area (Å²) in [4.78, 5) is 11.6. The lowest BCUT2D eigenvalue weighted by Gasteiger charge is -2.01. The molecule has 0 atom stereocenters. The van der Waals surface area contributed by atoms with Crippen molar-refractivity contribution in [2.75, 3.05) is 6.54 Å². The molecule has 0 saturated carbocycles. The number of hydrogen-bond acceptors (Lipinski definition) is 3. The summed E-state index contributed by atoms with van der Waals surface area (Å²) < 4.78 is 6.84. The first kappa shape index (κ1) is 11.0. The van der Waals surface area contributed by atoms with Gasteiger partial charge in [0.1, 0.15) is 0 Å². The fourth-order valence-electron chi connectivity index (χ4n) is 1.80. The first-order valence-electron chi connectivity index (χ1n) is 5.52. The summed E-state index contributed by atoms with van der Waals surface area (Å²) in [6.07, 6.45) is 1.82. The van der Waals surface area contributed by atoms with Crippen LogP contribution in [0.15, 0.2) is 27.4 Å². The summed E-state index contributed by atoms with van der Waals surface area (Å²) >= 11 is 0. The van der Waals surface area contributed by atoms with Crippen LogP contribution < -0.4 is 11.5 Å². The van der Waals surface area contributed by atoms with E-state index in [0.29, 0.717) is 18.7 Å². The summed E-state index contributed by atoms with van der Waals surface area (Å²) in [5.41, 5.74) is 8.09. The van der Waals surface area contributed by atoms with E-state index in [0.717, 1.165) is 23.9 Å². The number of benzene rings is 1. The minimum absolute atomic E-state index is 0.280. The van der Waals surface area contributed by atoms with E-state index in [9.17, 15) is 4.79 Å². The molecule has 0 spiro atoms. The van der Waals surface area contributed by atoms with Crippen molar-refractivity contribution in [3.05, 3.63) is 34.3 Å². The van der Waals surface area contributed by atoms with Crippen LogP contribution in [0.1, 0.15) is 18.4 Å². The van der Waals surface area contributed by atoms with Crippen LogP contribution in [0.2, 0.25) is 0 Å². The van der Waals surface area contributed by atoms with Gasteiger partial charge in [-0.15, -0.1) is 0 Å². The molecule has 16 heavy (non-hydrogen) atoms. The lowest BCUT2D eigenvalue weighted by Crippen LogP contribution is -2.15. The number of unbranched alkanes of at least 4 members (excludes halogenated alkanes) is 1. The highest BCUT2D eigenvalue weighted by Gasteiger charge is 2.08. The van der Waals surface area contributed by atoms with Crippen LogP contribution in [-0.2, 0) is 6.54 Å². The second kappa shape index (κ2) is 4.53. The van der Waals surface area contributed by atoms with Gasteiger partial charge in [-0.05, 0) is 44.0 Å². The Morgan fingerprint density at radius 3 is 2.94 bits per heavy atom. The zero-order valence-corrected chi connectivity index (χ0v) is 9.40. The molecule has 1 aromatic heterocycles. The number of hydrogen-bond donors (Lipinski definition) is 1. The molecule has 4 heteroatoms. The molecule has 0 aliphatic carbocycles. The molecule has 86 valence electrons. The highest BCUT2D eigenvalue weighted by atomic mass is 16.4. The zero-order valence-electron chi connectivity index (χ0n) is 9.40. The predicted molar refractivity (Wildman–Crippen MR) is 63.5 cm³/mol. The van der Waals surface area contributed by atoms with Crippen LogP contribution in [0.3, 0.4) is 0 Å². The third-order valence-electron chi connectivity index (χ3n) is 2.66. The van der Waals surface area contributed by atoms with E-state index >= 15 is 0 Å². The zero-order chi connectivity index (χ0) is 11.5. The van der Waals surface area contributed by atoms with E-state index in [2.05, 4.69) is 0 Å². The van der Waals surface area contributed by atoms with Gasteiger partial charge < -0.3 is 10.2 Å². The van der Waals surface area contributed by atoms with E-state index in [-0.39, 0.29) is 5.76 Å². The maximum atomic E-state index is 11.6. The average Bonchev–Trinajstić information content (AvgIpc) is 2.56. The fraction of sp³-hybridized carbons (Fsp3) is 0.417. The van der Waals surface area contributed by atoms with Crippen LogP contribution >= 0.6 is 0 Å². The quantitative estimate of drug-likeness (QED) is 0.797. The van der Waals surface area contributed by atoms with Crippen molar-refractivity contribution in [2.24, 2.45) is 5.73 Å². The Hall–Kier alpha value is -1.55. The Morgan fingerprint density at radius 2 is 2.19 bits per heavy atom. The third kappa shape index (κ3) is 2.02. The summed E-state index contributed by atoms with van der Waals surface area (Å²) in [6.45, 7) is 3.33. The average molecular weight is 220 g/mol. The van der Waals surface area contributed by atoms with Gasteiger partial charge in [0, 0.05) is 6.54 Å². The van der Waals surface area contributed by atoms with Gasteiger partial charge in [-0.1, -0.05) is 6.07 Å². The number of nitrogens with zero attached hydrogens (tertiary/aromatic N) is 1. The maximum absolute atomic E-state index is 11.6. The SMILES string of the molecule is Cc1ccc2oc(=O)n(CCCCN)c2c1. The molecule has 2 N–H and O–H groups in total. The third-order valence-corrected chi connectivity index (χ3v) is 2.66. The van der Waals surface area contributed by atoms with Gasteiger partial charge in [-0.25, -0.2) is 4.79 Å². The Balaban J connectivity index is 2.38. The molecule has 4 nitrogen and oxygen atoms in total. The molecule has 0 aliphatic rings. The largest absolute Gasteiger partial charge is 0.419 e. The van der Waals surface area contributed by atoms with Gasteiger partial charge in [-0.2, -0.15) is 0 Å². The molecular weight excluding hydrogens is 204 g/mol.